The highest BCUT2D eigenvalue weighted by molar-refractivity contribution is 6.05. The highest BCUT2D eigenvalue weighted by atomic mass is 16.1. The van der Waals surface area contributed by atoms with E-state index >= 15 is 0 Å². The van der Waals surface area contributed by atoms with Crippen LogP contribution in [0.2, 0.25) is 0 Å². The molecule has 3 N–H and O–H groups in total. The topological polar surface area (TPSA) is 85.8 Å². The van der Waals surface area contributed by atoms with Gasteiger partial charge in [-0.15, -0.1) is 0 Å². The molecule has 0 atom stereocenters. The number of carbonyl (C=O) groups excluding carboxylic acids is 1. The Labute approximate surface area is 111 Å². The van der Waals surface area contributed by atoms with Crippen LogP contribution >= 0.6 is 0 Å². The summed E-state index contributed by atoms with van der Waals surface area (Å²) in [4.78, 5) is 16.5. The van der Waals surface area contributed by atoms with Crippen LogP contribution in [0.3, 0.4) is 0 Å². The molecule has 100 valence electrons. The fraction of sp³-hybridized carbons (Fsp3) is 0.308. The van der Waals surface area contributed by atoms with Crippen molar-refractivity contribution in [2.24, 2.45) is 7.05 Å². The van der Waals surface area contributed by atoms with E-state index in [0.717, 1.165) is 5.69 Å². The molecule has 0 aliphatic heterocycles. The van der Waals surface area contributed by atoms with E-state index in [1.54, 1.807) is 37.7 Å². The van der Waals surface area contributed by atoms with E-state index in [1.165, 1.54) is 0 Å². The van der Waals surface area contributed by atoms with Crippen molar-refractivity contribution in [3.05, 3.63) is 34.8 Å². The van der Waals surface area contributed by atoms with Gasteiger partial charge in [0.1, 0.15) is 0 Å². The number of carbonyl (C=O) groups is 1. The smallest absolute Gasteiger partial charge is 0.258 e. The van der Waals surface area contributed by atoms with Gasteiger partial charge < -0.3 is 11.1 Å². The van der Waals surface area contributed by atoms with Crippen molar-refractivity contribution in [3.8, 4) is 0 Å². The zero-order valence-corrected chi connectivity index (χ0v) is 11.5. The van der Waals surface area contributed by atoms with E-state index in [9.17, 15) is 4.79 Å². The quantitative estimate of drug-likeness (QED) is 0.857. The number of nitrogen functional groups attached to an aromatic ring is 1. The van der Waals surface area contributed by atoms with Crippen molar-refractivity contribution >= 4 is 17.4 Å². The Kier molecular flexibility index (Phi) is 3.25. The Morgan fingerprint density at radius 1 is 1.26 bits per heavy atom. The predicted octanol–water partition coefficient (Wildman–Crippen LogP) is 1.57. The summed E-state index contributed by atoms with van der Waals surface area (Å²) in [5.41, 5.74) is 9.15. The number of amides is 1. The highest BCUT2D eigenvalue weighted by Crippen LogP contribution is 2.21. The molecular weight excluding hydrogens is 242 g/mol. The SMILES string of the molecule is Cc1ccc(C(=O)Nc2c(N)c(C)nn2C)c(C)n1. The van der Waals surface area contributed by atoms with Gasteiger partial charge in [-0.25, -0.2) is 0 Å². The van der Waals surface area contributed by atoms with E-state index in [-0.39, 0.29) is 5.91 Å². The van der Waals surface area contributed by atoms with E-state index in [0.29, 0.717) is 28.5 Å². The van der Waals surface area contributed by atoms with Crippen LogP contribution in [-0.4, -0.2) is 20.7 Å². The molecule has 0 bridgehead atoms. The molecule has 2 aromatic heterocycles. The number of hydrogen-bond acceptors (Lipinski definition) is 4. The third kappa shape index (κ3) is 2.42. The second-order valence-corrected chi connectivity index (χ2v) is 4.51. The van der Waals surface area contributed by atoms with Crippen LogP contribution in [0.4, 0.5) is 11.5 Å². The molecule has 0 radical (unpaired) electrons. The number of rotatable bonds is 2. The lowest BCUT2D eigenvalue weighted by molar-refractivity contribution is 0.102. The molecule has 0 aliphatic rings. The van der Waals surface area contributed by atoms with Crippen LogP contribution in [0, 0.1) is 20.8 Å². The number of nitrogens with two attached hydrogens (primary N) is 1. The third-order valence-electron chi connectivity index (χ3n) is 2.97. The summed E-state index contributed by atoms with van der Waals surface area (Å²) in [7, 11) is 1.74. The van der Waals surface area contributed by atoms with Crippen molar-refractivity contribution in [1.29, 1.82) is 0 Å². The van der Waals surface area contributed by atoms with Crippen LogP contribution < -0.4 is 11.1 Å². The molecule has 1 amide bonds. The summed E-state index contributed by atoms with van der Waals surface area (Å²) in [6.07, 6.45) is 0. The molecule has 0 aromatic carbocycles. The van der Waals surface area contributed by atoms with Crippen LogP contribution in [-0.2, 0) is 7.05 Å². The first-order valence-corrected chi connectivity index (χ1v) is 5.95. The summed E-state index contributed by atoms with van der Waals surface area (Å²) < 4.78 is 1.56. The number of nitrogens with one attached hydrogen (secondary N) is 1. The number of aryl methyl sites for hydroxylation is 4. The molecule has 6 nitrogen and oxygen atoms in total. The predicted molar refractivity (Wildman–Crippen MR) is 74.0 cm³/mol. The first kappa shape index (κ1) is 13.1. The van der Waals surface area contributed by atoms with Crippen molar-refractivity contribution in [2.75, 3.05) is 11.1 Å². The number of hydrogen-bond donors (Lipinski definition) is 2. The molecule has 0 aliphatic carbocycles. The number of nitrogens with zero attached hydrogens (tertiary/aromatic N) is 3. The van der Waals surface area contributed by atoms with Crippen LogP contribution in [0.5, 0.6) is 0 Å². The standard InChI is InChI=1S/C13H17N5O/c1-7-5-6-10(8(2)15-7)13(19)16-12-11(14)9(3)17-18(12)4/h5-6H,14H2,1-4H3,(H,16,19). The van der Waals surface area contributed by atoms with Gasteiger partial charge in [0.2, 0.25) is 0 Å². The molecule has 0 unspecified atom stereocenters. The van der Waals surface area contributed by atoms with Crippen molar-refractivity contribution < 1.29 is 4.79 Å². The van der Waals surface area contributed by atoms with Gasteiger partial charge in [-0.05, 0) is 32.9 Å². The average Bonchev–Trinajstić information content (AvgIpc) is 2.56. The van der Waals surface area contributed by atoms with Gasteiger partial charge in [-0.3, -0.25) is 14.5 Å². The average molecular weight is 259 g/mol. The van der Waals surface area contributed by atoms with Crippen molar-refractivity contribution in [1.82, 2.24) is 14.8 Å². The molecule has 0 fully saturated rings. The van der Waals surface area contributed by atoms with Gasteiger partial charge in [0.25, 0.3) is 5.91 Å². The fourth-order valence-corrected chi connectivity index (χ4v) is 1.92. The minimum absolute atomic E-state index is 0.236. The zero-order valence-electron chi connectivity index (χ0n) is 11.5. The van der Waals surface area contributed by atoms with Gasteiger partial charge in [-0.2, -0.15) is 5.10 Å². The number of aromatic nitrogens is 3. The molecule has 19 heavy (non-hydrogen) atoms. The molecule has 2 rings (SSSR count). The Morgan fingerprint density at radius 2 is 1.95 bits per heavy atom. The largest absolute Gasteiger partial charge is 0.394 e. The minimum Gasteiger partial charge on any atom is -0.394 e. The van der Waals surface area contributed by atoms with Gasteiger partial charge in [0, 0.05) is 12.7 Å². The van der Waals surface area contributed by atoms with E-state index in [4.69, 9.17) is 5.73 Å². The van der Waals surface area contributed by atoms with Crippen molar-refractivity contribution in [3.63, 3.8) is 0 Å². The summed E-state index contributed by atoms with van der Waals surface area (Å²) in [6, 6.07) is 3.56. The minimum atomic E-state index is -0.236. The summed E-state index contributed by atoms with van der Waals surface area (Å²) >= 11 is 0. The number of anilines is 2. The third-order valence-corrected chi connectivity index (χ3v) is 2.97. The maximum absolute atomic E-state index is 12.2. The van der Waals surface area contributed by atoms with Gasteiger partial charge in [0.05, 0.1) is 22.6 Å². The van der Waals surface area contributed by atoms with Crippen molar-refractivity contribution in [2.45, 2.75) is 20.8 Å². The Morgan fingerprint density at radius 3 is 2.47 bits per heavy atom. The zero-order chi connectivity index (χ0) is 14.2. The second kappa shape index (κ2) is 4.72. The first-order chi connectivity index (χ1) is 8.90. The lowest BCUT2D eigenvalue weighted by atomic mass is 10.1. The van der Waals surface area contributed by atoms with Gasteiger partial charge >= 0.3 is 0 Å². The summed E-state index contributed by atoms with van der Waals surface area (Å²) in [6.45, 7) is 5.49. The molecule has 6 heteroatoms. The highest BCUT2D eigenvalue weighted by Gasteiger charge is 2.16. The number of pyridine rings is 1. The van der Waals surface area contributed by atoms with E-state index in [2.05, 4.69) is 15.4 Å². The van der Waals surface area contributed by atoms with Gasteiger partial charge in [-0.1, -0.05) is 0 Å². The molecule has 2 aromatic rings. The Hall–Kier alpha value is -2.37. The van der Waals surface area contributed by atoms with Gasteiger partial charge in [0.15, 0.2) is 5.82 Å². The monoisotopic (exact) mass is 259 g/mol. The Bertz CT molecular complexity index is 645. The lowest BCUT2D eigenvalue weighted by Crippen LogP contribution is -2.17. The maximum Gasteiger partial charge on any atom is 0.258 e. The summed E-state index contributed by atoms with van der Waals surface area (Å²) in [5, 5.41) is 6.93. The van der Waals surface area contributed by atoms with E-state index in [1.807, 2.05) is 6.92 Å². The molecule has 0 saturated heterocycles. The summed E-state index contributed by atoms with van der Waals surface area (Å²) in [5.74, 6) is 0.266. The Balaban J connectivity index is 2.31. The molecule has 0 saturated carbocycles. The molecule has 2 heterocycles. The maximum atomic E-state index is 12.2. The van der Waals surface area contributed by atoms with Crippen LogP contribution in [0.25, 0.3) is 0 Å². The normalized spacial score (nSPS) is 10.5. The lowest BCUT2D eigenvalue weighted by Gasteiger charge is -2.08. The fourth-order valence-electron chi connectivity index (χ4n) is 1.92. The van der Waals surface area contributed by atoms with E-state index < -0.39 is 0 Å². The van der Waals surface area contributed by atoms with Crippen LogP contribution in [0.1, 0.15) is 27.4 Å². The molecule has 0 spiro atoms. The second-order valence-electron chi connectivity index (χ2n) is 4.51. The molecular formula is C13H17N5O. The van der Waals surface area contributed by atoms with Crippen LogP contribution in [0.15, 0.2) is 12.1 Å². The first-order valence-electron chi connectivity index (χ1n) is 5.95.